The van der Waals surface area contributed by atoms with E-state index < -0.39 is 0 Å². The molecule has 0 aliphatic carbocycles. The van der Waals surface area contributed by atoms with Crippen LogP contribution in [-0.4, -0.2) is 41.8 Å². The smallest absolute Gasteiger partial charge is 0.267 e. The zero-order valence-corrected chi connectivity index (χ0v) is 14.4. The number of hydrogen-bond donors (Lipinski definition) is 0. The van der Waals surface area contributed by atoms with Crippen LogP contribution in [0.2, 0.25) is 0 Å². The number of rotatable bonds is 2. The fraction of sp³-hybridized carbons (Fsp3) is 0. The van der Waals surface area contributed by atoms with Gasteiger partial charge in [-0.15, -0.1) is 10.2 Å². The summed E-state index contributed by atoms with van der Waals surface area (Å²) >= 11 is 0. The first-order valence-corrected chi connectivity index (χ1v) is 8.53. The van der Waals surface area contributed by atoms with Crippen LogP contribution in [0.5, 0.6) is 0 Å². The lowest BCUT2D eigenvalue weighted by atomic mass is 10.1. The predicted octanol–water partition coefficient (Wildman–Crippen LogP) is 2.55. The molecular weight excluding hydrogens is 356 g/mol. The number of fused-ring (bicyclic) bond motifs is 2. The number of para-hydroxylation sites is 2. The second-order valence-corrected chi connectivity index (χ2v) is 6.17. The summed E-state index contributed by atoms with van der Waals surface area (Å²) in [6, 6.07) is 20.8. The first-order valence-electron chi connectivity index (χ1n) is 8.53. The molecule has 2 aromatic heterocycles. The normalized spacial score (nSPS) is 11.1. The summed E-state index contributed by atoms with van der Waals surface area (Å²) in [4.78, 5) is 25.8. The minimum absolute atomic E-state index is 0.325. The Morgan fingerprint density at radius 2 is 1.07 bits per heavy atom. The van der Waals surface area contributed by atoms with E-state index in [1.54, 1.807) is 42.5 Å². The lowest BCUT2D eigenvalue weighted by Crippen LogP contribution is -2.17. The second kappa shape index (κ2) is 6.20. The molecule has 0 atom stereocenters. The molecule has 3 aromatic carbocycles. The van der Waals surface area contributed by atoms with Crippen molar-refractivity contribution >= 4 is 33.9 Å². The van der Waals surface area contributed by atoms with E-state index in [0.29, 0.717) is 33.2 Å². The van der Waals surface area contributed by atoms with Crippen molar-refractivity contribution in [3.8, 4) is 0 Å². The number of benzene rings is 3. The Hall–Kier alpha value is -4.20. The Morgan fingerprint density at radius 1 is 0.607 bits per heavy atom. The Morgan fingerprint density at radius 3 is 1.57 bits per heavy atom. The van der Waals surface area contributed by atoms with Gasteiger partial charge in [-0.3, -0.25) is 9.59 Å². The van der Waals surface area contributed by atoms with E-state index in [0.717, 1.165) is 0 Å². The molecule has 0 N–H and O–H groups in total. The van der Waals surface area contributed by atoms with Gasteiger partial charge in [0.2, 0.25) is 0 Å². The quantitative estimate of drug-likeness (QED) is 0.475. The maximum absolute atomic E-state index is 12.9. The Bertz CT molecular complexity index is 1270. The molecule has 28 heavy (non-hydrogen) atoms. The van der Waals surface area contributed by atoms with Gasteiger partial charge in [-0.1, -0.05) is 40.8 Å². The zero-order chi connectivity index (χ0) is 19.1. The van der Waals surface area contributed by atoms with Crippen LogP contribution in [0.1, 0.15) is 20.7 Å². The molecule has 0 aliphatic rings. The molecule has 8 heteroatoms. The zero-order valence-electron chi connectivity index (χ0n) is 14.4. The molecule has 0 saturated heterocycles. The molecule has 0 bridgehead atoms. The van der Waals surface area contributed by atoms with Crippen LogP contribution in [0.3, 0.4) is 0 Å². The minimum Gasteiger partial charge on any atom is -0.267 e. The van der Waals surface area contributed by atoms with Gasteiger partial charge in [0, 0.05) is 11.1 Å². The summed E-state index contributed by atoms with van der Waals surface area (Å²) in [6.45, 7) is 0. The summed E-state index contributed by atoms with van der Waals surface area (Å²) in [5.74, 6) is -0.737. The maximum Gasteiger partial charge on any atom is 0.280 e. The highest BCUT2D eigenvalue weighted by atomic mass is 16.2. The third-order valence-corrected chi connectivity index (χ3v) is 4.44. The van der Waals surface area contributed by atoms with Crippen LogP contribution in [0.4, 0.5) is 0 Å². The summed E-state index contributed by atoms with van der Waals surface area (Å²) in [5.41, 5.74) is 3.10. The van der Waals surface area contributed by atoms with Gasteiger partial charge in [0.05, 0.1) is 11.0 Å². The van der Waals surface area contributed by atoms with Gasteiger partial charge >= 0.3 is 0 Å². The number of aromatic nitrogens is 6. The first-order chi connectivity index (χ1) is 13.7. The SMILES string of the molecule is O=C(c1cccc(C(=O)n2nnc3ccccc32)c1)n1nnc2ccccc21. The van der Waals surface area contributed by atoms with Crippen LogP contribution in [-0.2, 0) is 0 Å². The van der Waals surface area contributed by atoms with E-state index in [1.165, 1.54) is 15.4 Å². The second-order valence-electron chi connectivity index (χ2n) is 6.17. The molecule has 5 rings (SSSR count). The average Bonchev–Trinajstić information content (AvgIpc) is 3.37. The van der Waals surface area contributed by atoms with E-state index >= 15 is 0 Å². The van der Waals surface area contributed by atoms with E-state index in [-0.39, 0.29) is 11.8 Å². The van der Waals surface area contributed by atoms with Crippen molar-refractivity contribution < 1.29 is 9.59 Å². The monoisotopic (exact) mass is 368 g/mol. The Labute approximate surface area is 158 Å². The first kappa shape index (κ1) is 16.0. The van der Waals surface area contributed by atoms with Crippen molar-refractivity contribution in [2.45, 2.75) is 0 Å². The fourth-order valence-electron chi connectivity index (χ4n) is 3.07. The molecular formula is C20H12N6O2. The average molecular weight is 368 g/mol. The van der Waals surface area contributed by atoms with Crippen LogP contribution >= 0.6 is 0 Å². The molecule has 0 amide bonds. The van der Waals surface area contributed by atoms with Crippen molar-refractivity contribution in [1.29, 1.82) is 0 Å². The van der Waals surface area contributed by atoms with Crippen LogP contribution in [0, 0.1) is 0 Å². The lowest BCUT2D eigenvalue weighted by Gasteiger charge is -2.05. The number of carbonyl (C=O) groups excluding carboxylic acids is 2. The van der Waals surface area contributed by atoms with E-state index in [1.807, 2.05) is 24.3 Å². The van der Waals surface area contributed by atoms with Gasteiger partial charge in [0.15, 0.2) is 0 Å². The molecule has 0 fully saturated rings. The van der Waals surface area contributed by atoms with Crippen molar-refractivity contribution in [3.05, 3.63) is 83.9 Å². The van der Waals surface area contributed by atoms with Gasteiger partial charge in [-0.25, -0.2) is 0 Å². The number of carbonyl (C=O) groups is 2. The highest BCUT2D eigenvalue weighted by Gasteiger charge is 2.18. The summed E-state index contributed by atoms with van der Waals surface area (Å²) in [6.07, 6.45) is 0. The standard InChI is InChI=1S/C20H12N6O2/c27-19(25-17-10-3-1-8-15(17)21-23-25)13-6-5-7-14(12-13)20(28)26-18-11-4-2-9-16(18)22-24-26/h1-12H. The Kier molecular flexibility index (Phi) is 3.55. The summed E-state index contributed by atoms with van der Waals surface area (Å²) in [7, 11) is 0. The predicted molar refractivity (Wildman–Crippen MR) is 101 cm³/mol. The fourth-order valence-corrected chi connectivity index (χ4v) is 3.07. The van der Waals surface area contributed by atoms with Gasteiger partial charge in [0.1, 0.15) is 11.0 Å². The third kappa shape index (κ3) is 2.47. The molecule has 0 unspecified atom stereocenters. The topological polar surface area (TPSA) is 95.6 Å². The number of hydrogen-bond acceptors (Lipinski definition) is 6. The van der Waals surface area contributed by atoms with E-state index in [4.69, 9.17) is 0 Å². The van der Waals surface area contributed by atoms with Crippen molar-refractivity contribution in [2.24, 2.45) is 0 Å². The summed E-state index contributed by atoms with van der Waals surface area (Å²) < 4.78 is 2.45. The molecule has 2 heterocycles. The molecule has 0 aliphatic heterocycles. The number of nitrogens with zero attached hydrogens (tertiary/aromatic N) is 6. The highest BCUT2D eigenvalue weighted by molar-refractivity contribution is 6.04. The molecule has 0 radical (unpaired) electrons. The van der Waals surface area contributed by atoms with Gasteiger partial charge < -0.3 is 0 Å². The lowest BCUT2D eigenvalue weighted by molar-refractivity contribution is 0.0947. The van der Waals surface area contributed by atoms with Crippen molar-refractivity contribution in [1.82, 2.24) is 30.0 Å². The largest absolute Gasteiger partial charge is 0.280 e. The Balaban J connectivity index is 1.54. The molecule has 0 saturated carbocycles. The van der Waals surface area contributed by atoms with Gasteiger partial charge in [-0.05, 0) is 42.5 Å². The van der Waals surface area contributed by atoms with Gasteiger partial charge in [-0.2, -0.15) is 9.36 Å². The van der Waals surface area contributed by atoms with Crippen LogP contribution < -0.4 is 0 Å². The molecule has 8 nitrogen and oxygen atoms in total. The molecule has 134 valence electrons. The van der Waals surface area contributed by atoms with Crippen LogP contribution in [0.15, 0.2) is 72.8 Å². The minimum atomic E-state index is -0.369. The van der Waals surface area contributed by atoms with Crippen molar-refractivity contribution in [3.63, 3.8) is 0 Å². The van der Waals surface area contributed by atoms with E-state index in [2.05, 4.69) is 20.6 Å². The molecule has 0 spiro atoms. The van der Waals surface area contributed by atoms with E-state index in [9.17, 15) is 9.59 Å². The maximum atomic E-state index is 12.9. The summed E-state index contributed by atoms with van der Waals surface area (Å²) in [5, 5.41) is 15.9. The third-order valence-electron chi connectivity index (χ3n) is 4.44. The van der Waals surface area contributed by atoms with Crippen molar-refractivity contribution in [2.75, 3.05) is 0 Å². The van der Waals surface area contributed by atoms with Crippen LogP contribution in [0.25, 0.3) is 22.1 Å². The molecule has 5 aromatic rings. The van der Waals surface area contributed by atoms with Gasteiger partial charge in [0.25, 0.3) is 11.8 Å². The highest BCUT2D eigenvalue weighted by Crippen LogP contribution is 2.16.